The standard InChI is InChI=1S/C34H38N2O8S/c37-21-27-15-11-25(12-16-27)19-35-31(23-43-29-7-3-1-4-8-29)33(39)34(40)32(24-44-30-9-5-2-6-10-30)36(45(35,41)42)20-26-13-17-28(22-38)18-14-26/h1-18,31-34,37-40H,19-24H2/t31-,32?,33+,34?/m0/s1. The fourth-order valence-electron chi connectivity index (χ4n) is 5.29. The highest BCUT2D eigenvalue weighted by Crippen LogP contribution is 2.31. The van der Waals surface area contributed by atoms with Crippen LogP contribution in [0.5, 0.6) is 11.5 Å². The summed E-state index contributed by atoms with van der Waals surface area (Å²) in [6.45, 7) is -1.05. The van der Waals surface area contributed by atoms with Gasteiger partial charge in [0.25, 0.3) is 10.2 Å². The molecular formula is C34H38N2O8S. The molecule has 11 heteroatoms. The van der Waals surface area contributed by atoms with Crippen molar-refractivity contribution in [3.63, 3.8) is 0 Å². The Kier molecular flexibility index (Phi) is 10.8. The molecule has 0 saturated carbocycles. The van der Waals surface area contributed by atoms with Gasteiger partial charge >= 0.3 is 0 Å². The first-order valence-corrected chi connectivity index (χ1v) is 16.1. The van der Waals surface area contributed by atoms with Gasteiger partial charge in [-0.25, -0.2) is 0 Å². The van der Waals surface area contributed by atoms with Crippen LogP contribution in [0.25, 0.3) is 0 Å². The normalized spacial score (nSPS) is 22.0. The zero-order chi connectivity index (χ0) is 31.8. The van der Waals surface area contributed by atoms with E-state index in [1.807, 2.05) is 12.1 Å². The Bertz CT molecular complexity index is 1470. The van der Waals surface area contributed by atoms with Crippen molar-refractivity contribution in [2.24, 2.45) is 0 Å². The SMILES string of the molecule is O=S1(=O)N(Cc2ccc(CO)cc2)C(COc2ccccc2)C(O)[C@H](O)[C@H](COc2ccccc2)N1Cc1ccc(CO)cc1. The smallest absolute Gasteiger partial charge is 0.283 e. The summed E-state index contributed by atoms with van der Waals surface area (Å²) in [5, 5.41) is 42.4. The summed E-state index contributed by atoms with van der Waals surface area (Å²) in [7, 11) is -4.41. The zero-order valence-electron chi connectivity index (χ0n) is 24.7. The largest absolute Gasteiger partial charge is 0.492 e. The maximum Gasteiger partial charge on any atom is 0.283 e. The fourth-order valence-corrected chi connectivity index (χ4v) is 7.24. The maximum absolute atomic E-state index is 14.8. The van der Waals surface area contributed by atoms with Crippen molar-refractivity contribution in [2.75, 3.05) is 13.2 Å². The van der Waals surface area contributed by atoms with Gasteiger partial charge in [0.05, 0.1) is 25.3 Å². The molecule has 1 fully saturated rings. The third-order valence-corrected chi connectivity index (χ3v) is 9.87. The Morgan fingerprint density at radius 1 is 0.533 bits per heavy atom. The average molecular weight is 635 g/mol. The van der Waals surface area contributed by atoms with Crippen LogP contribution in [0, 0.1) is 0 Å². The third-order valence-electron chi connectivity index (χ3n) is 7.89. The van der Waals surface area contributed by atoms with E-state index < -0.39 is 34.5 Å². The molecule has 4 N–H and O–H groups in total. The van der Waals surface area contributed by atoms with E-state index in [1.54, 1.807) is 97.1 Å². The lowest BCUT2D eigenvalue weighted by Crippen LogP contribution is -2.52. The lowest BCUT2D eigenvalue weighted by molar-refractivity contribution is -0.0565. The highest BCUT2D eigenvalue weighted by molar-refractivity contribution is 7.86. The van der Waals surface area contributed by atoms with E-state index in [9.17, 15) is 28.8 Å². The molecule has 0 bridgehead atoms. The van der Waals surface area contributed by atoms with Crippen molar-refractivity contribution >= 4 is 10.2 Å². The van der Waals surface area contributed by atoms with Gasteiger partial charge in [0.1, 0.15) is 36.9 Å². The molecule has 5 rings (SSSR count). The molecule has 1 heterocycles. The van der Waals surface area contributed by atoms with E-state index in [-0.39, 0.29) is 39.5 Å². The van der Waals surface area contributed by atoms with Crippen LogP contribution in [0.15, 0.2) is 109 Å². The molecule has 0 aromatic heterocycles. The molecule has 2 unspecified atom stereocenters. The molecule has 1 saturated heterocycles. The summed E-state index contributed by atoms with van der Waals surface area (Å²) in [5.41, 5.74) is 2.58. The molecule has 1 aliphatic rings. The molecule has 238 valence electrons. The van der Waals surface area contributed by atoms with Crippen molar-refractivity contribution in [1.29, 1.82) is 0 Å². The van der Waals surface area contributed by atoms with E-state index in [2.05, 4.69) is 0 Å². The Morgan fingerprint density at radius 2 is 0.867 bits per heavy atom. The predicted octanol–water partition coefficient (Wildman–Crippen LogP) is 2.85. The van der Waals surface area contributed by atoms with Gasteiger partial charge in [-0.2, -0.15) is 17.0 Å². The monoisotopic (exact) mass is 634 g/mol. The molecule has 0 radical (unpaired) electrons. The number of hydrogen-bond acceptors (Lipinski definition) is 8. The van der Waals surface area contributed by atoms with Crippen LogP contribution >= 0.6 is 0 Å². The summed E-state index contributed by atoms with van der Waals surface area (Å²) in [5.74, 6) is 0.968. The van der Waals surface area contributed by atoms with Crippen LogP contribution in [0.2, 0.25) is 0 Å². The highest BCUT2D eigenvalue weighted by atomic mass is 32.2. The van der Waals surface area contributed by atoms with Crippen LogP contribution < -0.4 is 9.47 Å². The first-order chi connectivity index (χ1) is 21.8. The number of benzene rings is 4. The third kappa shape index (κ3) is 7.89. The minimum absolute atomic E-state index is 0.132. The lowest BCUT2D eigenvalue weighted by atomic mass is 9.99. The van der Waals surface area contributed by atoms with Crippen molar-refractivity contribution in [1.82, 2.24) is 8.61 Å². The minimum atomic E-state index is -4.41. The van der Waals surface area contributed by atoms with Crippen molar-refractivity contribution in [3.05, 3.63) is 131 Å². The van der Waals surface area contributed by atoms with Crippen molar-refractivity contribution in [2.45, 2.75) is 50.6 Å². The molecule has 10 nitrogen and oxygen atoms in total. The van der Waals surface area contributed by atoms with Gasteiger partial charge in [-0.05, 0) is 46.5 Å². The molecule has 0 aliphatic carbocycles. The first kappa shape index (κ1) is 32.6. The number of rotatable bonds is 12. The Labute approximate surface area is 263 Å². The van der Waals surface area contributed by atoms with Gasteiger partial charge in [-0.1, -0.05) is 84.9 Å². The number of hydrogen-bond donors (Lipinski definition) is 4. The molecule has 4 aromatic rings. The molecule has 4 aromatic carbocycles. The van der Waals surface area contributed by atoms with E-state index in [4.69, 9.17) is 9.47 Å². The van der Waals surface area contributed by atoms with Crippen LogP contribution in [0.3, 0.4) is 0 Å². The molecule has 0 amide bonds. The summed E-state index contributed by atoms with van der Waals surface area (Å²) in [6.07, 6.45) is -3.10. The fraction of sp³-hybridized carbons (Fsp3) is 0.294. The van der Waals surface area contributed by atoms with Gasteiger partial charge in [0.2, 0.25) is 0 Å². The summed E-state index contributed by atoms with van der Waals surface area (Å²) < 4.78 is 43.8. The van der Waals surface area contributed by atoms with Gasteiger partial charge in [-0.3, -0.25) is 0 Å². The molecule has 45 heavy (non-hydrogen) atoms. The molecule has 4 atom stereocenters. The van der Waals surface area contributed by atoms with Crippen LogP contribution in [0.1, 0.15) is 22.3 Å². The van der Waals surface area contributed by atoms with Crippen LogP contribution in [-0.4, -0.2) is 75.0 Å². The quantitative estimate of drug-likeness (QED) is 0.187. The number of nitrogens with zero attached hydrogens (tertiary/aromatic N) is 2. The molecule has 0 spiro atoms. The number of ether oxygens (including phenoxy) is 2. The van der Waals surface area contributed by atoms with Crippen molar-refractivity contribution < 1.29 is 38.3 Å². The van der Waals surface area contributed by atoms with Gasteiger partial charge < -0.3 is 29.9 Å². The van der Waals surface area contributed by atoms with Crippen LogP contribution in [-0.2, 0) is 36.5 Å². The van der Waals surface area contributed by atoms with Crippen LogP contribution in [0.4, 0.5) is 0 Å². The van der Waals surface area contributed by atoms with E-state index in [1.165, 1.54) is 8.61 Å². The summed E-state index contributed by atoms with van der Waals surface area (Å²) >= 11 is 0. The Morgan fingerprint density at radius 3 is 1.20 bits per heavy atom. The van der Waals surface area contributed by atoms with Gasteiger partial charge in [-0.15, -0.1) is 0 Å². The Hall–Kier alpha value is -3.81. The molecular weight excluding hydrogens is 596 g/mol. The predicted molar refractivity (Wildman–Crippen MR) is 168 cm³/mol. The Balaban J connectivity index is 1.56. The van der Waals surface area contributed by atoms with Gasteiger partial charge in [0.15, 0.2) is 0 Å². The lowest BCUT2D eigenvalue weighted by Gasteiger charge is -2.34. The minimum Gasteiger partial charge on any atom is -0.492 e. The van der Waals surface area contributed by atoms with Gasteiger partial charge in [0, 0.05) is 13.1 Å². The second-order valence-corrected chi connectivity index (χ2v) is 12.7. The number of para-hydroxylation sites is 2. The van der Waals surface area contributed by atoms with E-state index in [0.29, 0.717) is 33.8 Å². The highest BCUT2D eigenvalue weighted by Gasteiger charge is 2.51. The number of aliphatic hydroxyl groups excluding tert-OH is 4. The molecule has 1 aliphatic heterocycles. The topological polar surface area (TPSA) is 140 Å². The summed E-state index contributed by atoms with van der Waals surface area (Å²) in [4.78, 5) is 0. The number of aliphatic hydroxyl groups is 4. The maximum atomic E-state index is 14.8. The summed E-state index contributed by atoms with van der Waals surface area (Å²) in [6, 6.07) is 29.0. The zero-order valence-corrected chi connectivity index (χ0v) is 25.5. The second kappa shape index (κ2) is 15.0. The van der Waals surface area contributed by atoms with E-state index >= 15 is 0 Å². The average Bonchev–Trinajstić information content (AvgIpc) is 3.12. The second-order valence-electron chi connectivity index (χ2n) is 10.9. The van der Waals surface area contributed by atoms with Crippen molar-refractivity contribution in [3.8, 4) is 11.5 Å². The van der Waals surface area contributed by atoms with E-state index in [0.717, 1.165) is 0 Å². The first-order valence-electron chi connectivity index (χ1n) is 14.7.